The Morgan fingerprint density at radius 3 is 2.19 bits per heavy atom. The Bertz CT molecular complexity index is 1050. The van der Waals surface area contributed by atoms with Crippen LogP contribution < -0.4 is 4.74 Å². The Balaban J connectivity index is 2.13. The van der Waals surface area contributed by atoms with Crippen molar-refractivity contribution < 1.29 is 49.2 Å². The molecule has 0 aliphatic heterocycles. The maximum Gasteiger partial charge on any atom is 0.421 e. The second kappa shape index (κ2) is 9.05. The van der Waals surface area contributed by atoms with Gasteiger partial charge in [-0.3, -0.25) is 0 Å². The molecule has 2 aromatic carbocycles. The molecule has 12 heteroatoms. The minimum atomic E-state index is -6.71. The summed E-state index contributed by atoms with van der Waals surface area (Å²) in [5, 5.41) is -4.37. The van der Waals surface area contributed by atoms with Gasteiger partial charge in [0.15, 0.2) is 10.1 Å². The number of halogens is 5. The molecule has 6 nitrogen and oxygen atoms in total. The van der Waals surface area contributed by atoms with Gasteiger partial charge < -0.3 is 14.0 Å². The molecule has 2 atom stereocenters. The van der Waals surface area contributed by atoms with Crippen molar-refractivity contribution in [1.29, 1.82) is 0 Å². The minimum Gasteiger partial charge on any atom is -0.743 e. The van der Waals surface area contributed by atoms with Gasteiger partial charge in [0.1, 0.15) is 12.4 Å². The van der Waals surface area contributed by atoms with Crippen LogP contribution in [-0.2, 0) is 19.6 Å². The highest BCUT2D eigenvalue weighted by Gasteiger charge is 2.61. The number of benzene rings is 2. The third-order valence-corrected chi connectivity index (χ3v) is 5.43. The fraction of sp³-hybridized carbons (Fsp3) is 0.421. The Morgan fingerprint density at radius 1 is 1.06 bits per heavy atom. The van der Waals surface area contributed by atoms with Crippen LogP contribution >= 0.6 is 0 Å². The summed E-state index contributed by atoms with van der Waals surface area (Å²) in [6.07, 6.45) is -9.34. The van der Waals surface area contributed by atoms with Crippen molar-refractivity contribution in [2.45, 2.75) is 43.7 Å². The topological polar surface area (TPSA) is 92.7 Å². The molecule has 0 spiro atoms. The Morgan fingerprint density at radius 2 is 1.65 bits per heavy atom. The first-order valence-corrected chi connectivity index (χ1v) is 10.3. The van der Waals surface area contributed by atoms with E-state index < -0.39 is 40.2 Å². The summed E-state index contributed by atoms with van der Waals surface area (Å²) in [4.78, 5) is 11.8. The molecule has 0 saturated heterocycles. The zero-order valence-electron chi connectivity index (χ0n) is 16.3. The predicted molar refractivity (Wildman–Crippen MR) is 98.7 cm³/mol. The molecule has 0 saturated carbocycles. The van der Waals surface area contributed by atoms with E-state index in [1.165, 1.54) is 12.1 Å². The van der Waals surface area contributed by atoms with Gasteiger partial charge in [0.25, 0.3) is 0 Å². The molecule has 0 radical (unpaired) electrons. The van der Waals surface area contributed by atoms with E-state index in [-0.39, 0.29) is 5.75 Å². The molecule has 31 heavy (non-hydrogen) atoms. The predicted octanol–water partition coefficient (Wildman–Crippen LogP) is 4.34. The number of carbonyl (C=O) groups excluding carboxylic acids is 1. The van der Waals surface area contributed by atoms with Crippen LogP contribution in [0.1, 0.15) is 31.7 Å². The first kappa shape index (κ1) is 25.0. The molecule has 0 amide bonds. The van der Waals surface area contributed by atoms with Gasteiger partial charge in [0.05, 0.1) is 0 Å². The molecule has 2 unspecified atom stereocenters. The number of ether oxygens (including phenoxy) is 2. The molecule has 0 aliphatic rings. The minimum absolute atomic E-state index is 0.0934. The second-order valence-corrected chi connectivity index (χ2v) is 8.25. The monoisotopic (exact) mass is 469 g/mol. The average molecular weight is 469 g/mol. The van der Waals surface area contributed by atoms with Crippen LogP contribution in [0.2, 0.25) is 0 Å². The molecule has 0 aliphatic carbocycles. The van der Waals surface area contributed by atoms with Crippen LogP contribution in [0.3, 0.4) is 0 Å². The lowest BCUT2D eigenvalue weighted by Crippen LogP contribution is -2.52. The summed E-state index contributed by atoms with van der Waals surface area (Å²) < 4.78 is 105. The lowest BCUT2D eigenvalue weighted by molar-refractivity contribution is -0.263. The second-order valence-electron chi connectivity index (χ2n) is 6.80. The number of rotatable bonds is 8. The number of esters is 1. The standard InChI is InChI=1S/C19H19F5O6S/c1-3-11(2)12-4-5-14-9-15(7-6-13(14)8-12)30-16(25)10-29-17(18(20,21)22)19(23,24)31(26,27)28/h4-9,11,17H,3,10H2,1-2H3,(H,26,27,28)/p-1. The summed E-state index contributed by atoms with van der Waals surface area (Å²) in [7, 11) is -6.71. The van der Waals surface area contributed by atoms with Crippen molar-refractivity contribution in [1.82, 2.24) is 0 Å². The lowest BCUT2D eigenvalue weighted by atomic mass is 9.96. The highest BCUT2D eigenvalue weighted by atomic mass is 32.2. The van der Waals surface area contributed by atoms with E-state index in [0.29, 0.717) is 11.3 Å². The van der Waals surface area contributed by atoms with E-state index in [0.717, 1.165) is 17.4 Å². The third kappa shape index (κ3) is 5.89. The van der Waals surface area contributed by atoms with Crippen LogP contribution in [-0.4, -0.2) is 43.1 Å². The molecule has 0 heterocycles. The quantitative estimate of drug-likeness (QED) is 0.247. The van der Waals surface area contributed by atoms with Crippen LogP contribution in [0.25, 0.3) is 10.8 Å². The number of carbonyl (C=O) groups is 1. The van der Waals surface area contributed by atoms with E-state index in [4.69, 9.17) is 4.74 Å². The van der Waals surface area contributed by atoms with Crippen LogP contribution in [0.4, 0.5) is 22.0 Å². The van der Waals surface area contributed by atoms with E-state index in [9.17, 15) is 39.7 Å². The maximum absolute atomic E-state index is 13.4. The van der Waals surface area contributed by atoms with Crippen molar-refractivity contribution in [3.63, 3.8) is 0 Å². The molecule has 0 fully saturated rings. The highest BCUT2D eigenvalue weighted by molar-refractivity contribution is 7.86. The Hall–Kier alpha value is -2.31. The summed E-state index contributed by atoms with van der Waals surface area (Å²) in [5.41, 5.74) is 1.08. The summed E-state index contributed by atoms with van der Waals surface area (Å²) in [6.45, 7) is 2.42. The van der Waals surface area contributed by atoms with Crippen molar-refractivity contribution >= 4 is 26.9 Å². The first-order valence-electron chi connectivity index (χ1n) is 8.92. The Kier molecular flexibility index (Phi) is 7.28. The smallest absolute Gasteiger partial charge is 0.421 e. The highest BCUT2D eigenvalue weighted by Crippen LogP contribution is 2.38. The molecule has 0 bridgehead atoms. The lowest BCUT2D eigenvalue weighted by Gasteiger charge is -2.29. The normalized spacial score (nSPS) is 15.0. The van der Waals surface area contributed by atoms with Crippen molar-refractivity contribution in [3.05, 3.63) is 42.0 Å². The molecule has 2 rings (SSSR count). The molecule has 172 valence electrons. The van der Waals surface area contributed by atoms with Crippen molar-refractivity contribution in [2.75, 3.05) is 6.61 Å². The van der Waals surface area contributed by atoms with Gasteiger partial charge in [0, 0.05) is 0 Å². The molecule has 0 N–H and O–H groups in total. The number of alkyl halides is 5. The van der Waals surface area contributed by atoms with Crippen molar-refractivity contribution in [2.24, 2.45) is 0 Å². The molecule has 0 aromatic heterocycles. The fourth-order valence-electron chi connectivity index (χ4n) is 2.67. The van der Waals surface area contributed by atoms with E-state index in [2.05, 4.69) is 4.74 Å². The fourth-order valence-corrected chi connectivity index (χ4v) is 3.14. The van der Waals surface area contributed by atoms with Crippen molar-refractivity contribution in [3.8, 4) is 5.75 Å². The third-order valence-electron chi connectivity index (χ3n) is 4.55. The maximum atomic E-state index is 13.4. The number of hydrogen-bond donors (Lipinski definition) is 0. The molecular weight excluding hydrogens is 451 g/mol. The first-order chi connectivity index (χ1) is 14.2. The number of hydrogen-bond acceptors (Lipinski definition) is 6. The van der Waals surface area contributed by atoms with Gasteiger partial charge in [0.2, 0.25) is 6.10 Å². The molecule has 2 aromatic rings. The van der Waals surface area contributed by atoms with Crippen LogP contribution in [0, 0.1) is 0 Å². The van der Waals surface area contributed by atoms with Gasteiger partial charge in [-0.2, -0.15) is 22.0 Å². The summed E-state index contributed by atoms with van der Waals surface area (Å²) in [5.74, 6) is -1.27. The van der Waals surface area contributed by atoms with Gasteiger partial charge in [-0.1, -0.05) is 38.1 Å². The van der Waals surface area contributed by atoms with Crippen LogP contribution in [0.5, 0.6) is 5.75 Å². The molecular formula is C19H18F5O6S-. The van der Waals surface area contributed by atoms with E-state index in [1.807, 2.05) is 26.0 Å². The van der Waals surface area contributed by atoms with Gasteiger partial charge in [-0.15, -0.1) is 0 Å². The largest absolute Gasteiger partial charge is 0.743 e. The zero-order chi connectivity index (χ0) is 23.6. The van der Waals surface area contributed by atoms with Crippen LogP contribution in [0.15, 0.2) is 36.4 Å². The summed E-state index contributed by atoms with van der Waals surface area (Å²) in [6, 6.07) is 9.90. The summed E-state index contributed by atoms with van der Waals surface area (Å²) >= 11 is 0. The van der Waals surface area contributed by atoms with Gasteiger partial charge >= 0.3 is 17.4 Å². The zero-order valence-corrected chi connectivity index (χ0v) is 17.1. The SMILES string of the molecule is CCC(C)c1ccc2cc(OC(=O)COC(C(F)(F)F)C(F)(F)S(=O)(=O)[O-])ccc2c1. The van der Waals surface area contributed by atoms with Gasteiger partial charge in [-0.05, 0) is 40.8 Å². The van der Waals surface area contributed by atoms with Gasteiger partial charge in [-0.25, -0.2) is 13.2 Å². The average Bonchev–Trinajstić information content (AvgIpc) is 2.64. The van der Waals surface area contributed by atoms with E-state index in [1.54, 1.807) is 12.1 Å². The van der Waals surface area contributed by atoms with E-state index >= 15 is 0 Å². The Labute approximate surface area is 174 Å². The number of fused-ring (bicyclic) bond motifs is 1.